The molecule has 1 aromatic rings. The SMILES string of the molecule is C=COC(=O)[C@H]1[C@H]2[C@@H]1[C@](C[C@H](C)c1ccccc1)(C(=O)OCC)C[C@H]2F. The summed E-state index contributed by atoms with van der Waals surface area (Å²) in [6.45, 7) is 7.38. The van der Waals surface area contributed by atoms with Crippen molar-refractivity contribution in [2.24, 2.45) is 23.2 Å². The standard InChI is InChI=1S/C21H25FO4/c1-4-25-19(23)17-16-15(22)12-21(18(16)17,20(24)26-5-2)11-13(3)14-9-7-6-8-10-14/h4,6-10,13,15-18H,1,5,11-12H2,2-3H3/t13-,15+,16-,17-,18-,21+/m0/s1. The summed E-state index contributed by atoms with van der Waals surface area (Å²) in [5.74, 6) is -2.28. The lowest BCUT2D eigenvalue weighted by atomic mass is 9.72. The van der Waals surface area contributed by atoms with E-state index in [1.807, 2.05) is 37.3 Å². The molecule has 2 aliphatic carbocycles. The molecule has 6 atom stereocenters. The maximum absolute atomic E-state index is 14.7. The number of rotatable bonds is 7. The summed E-state index contributed by atoms with van der Waals surface area (Å²) in [5.41, 5.74) is 0.0983. The smallest absolute Gasteiger partial charge is 0.314 e. The fraction of sp³-hybridized carbons (Fsp3) is 0.524. The first-order valence-corrected chi connectivity index (χ1v) is 9.14. The van der Waals surface area contributed by atoms with Crippen LogP contribution in [0.25, 0.3) is 0 Å². The van der Waals surface area contributed by atoms with E-state index in [2.05, 4.69) is 6.58 Å². The zero-order valence-electron chi connectivity index (χ0n) is 15.2. The van der Waals surface area contributed by atoms with Gasteiger partial charge in [-0.15, -0.1) is 0 Å². The van der Waals surface area contributed by atoms with Crippen LogP contribution >= 0.6 is 0 Å². The van der Waals surface area contributed by atoms with E-state index in [-0.39, 0.29) is 24.9 Å². The Balaban J connectivity index is 1.89. The molecule has 5 heteroatoms. The molecule has 3 rings (SSSR count). The van der Waals surface area contributed by atoms with Crippen LogP contribution in [0.5, 0.6) is 0 Å². The molecule has 0 unspecified atom stereocenters. The molecule has 140 valence electrons. The van der Waals surface area contributed by atoms with Crippen molar-refractivity contribution in [1.82, 2.24) is 0 Å². The van der Waals surface area contributed by atoms with E-state index in [4.69, 9.17) is 9.47 Å². The highest BCUT2D eigenvalue weighted by Gasteiger charge is 2.75. The Hall–Kier alpha value is -2.17. The molecule has 0 saturated heterocycles. The minimum absolute atomic E-state index is 0.0447. The summed E-state index contributed by atoms with van der Waals surface area (Å²) in [7, 11) is 0. The van der Waals surface area contributed by atoms with Crippen LogP contribution < -0.4 is 0 Å². The highest BCUT2D eigenvalue weighted by molar-refractivity contribution is 5.84. The molecule has 0 heterocycles. The van der Waals surface area contributed by atoms with E-state index < -0.39 is 35.4 Å². The average molecular weight is 360 g/mol. The third-order valence-corrected chi connectivity index (χ3v) is 5.88. The Bertz CT molecular complexity index is 689. The van der Waals surface area contributed by atoms with Gasteiger partial charge >= 0.3 is 11.9 Å². The van der Waals surface area contributed by atoms with Gasteiger partial charge in [-0.3, -0.25) is 9.59 Å². The number of carbonyl (C=O) groups is 2. The minimum Gasteiger partial charge on any atom is -0.466 e. The molecule has 0 bridgehead atoms. The van der Waals surface area contributed by atoms with Gasteiger partial charge in [0, 0.05) is 5.92 Å². The van der Waals surface area contributed by atoms with Crippen molar-refractivity contribution in [3.63, 3.8) is 0 Å². The lowest BCUT2D eigenvalue weighted by Gasteiger charge is -2.32. The zero-order chi connectivity index (χ0) is 18.9. The third-order valence-electron chi connectivity index (χ3n) is 5.88. The highest BCUT2D eigenvalue weighted by Crippen LogP contribution is 2.70. The van der Waals surface area contributed by atoms with Crippen LogP contribution in [0, 0.1) is 23.2 Å². The maximum atomic E-state index is 14.7. The predicted molar refractivity (Wildman–Crippen MR) is 94.8 cm³/mol. The number of benzene rings is 1. The molecule has 0 N–H and O–H groups in total. The second kappa shape index (κ2) is 7.22. The van der Waals surface area contributed by atoms with Crippen LogP contribution in [0.4, 0.5) is 4.39 Å². The van der Waals surface area contributed by atoms with Crippen molar-refractivity contribution >= 4 is 11.9 Å². The topological polar surface area (TPSA) is 52.6 Å². The molecule has 0 aromatic heterocycles. The van der Waals surface area contributed by atoms with Crippen molar-refractivity contribution in [2.45, 2.75) is 38.8 Å². The molecule has 2 fully saturated rings. The van der Waals surface area contributed by atoms with Crippen LogP contribution in [0.15, 0.2) is 43.2 Å². The summed E-state index contributed by atoms with van der Waals surface area (Å²) in [6.07, 6.45) is 0.420. The fourth-order valence-corrected chi connectivity index (χ4v) is 4.82. The zero-order valence-corrected chi connectivity index (χ0v) is 15.2. The van der Waals surface area contributed by atoms with Gasteiger partial charge < -0.3 is 9.47 Å². The number of fused-ring (bicyclic) bond motifs is 1. The molecule has 4 nitrogen and oxygen atoms in total. The Morgan fingerprint density at radius 3 is 2.69 bits per heavy atom. The molecular formula is C21H25FO4. The Morgan fingerprint density at radius 2 is 2.08 bits per heavy atom. The number of esters is 2. The summed E-state index contributed by atoms with van der Waals surface area (Å²) < 4.78 is 24.9. The molecule has 2 aliphatic rings. The molecular weight excluding hydrogens is 335 g/mol. The van der Waals surface area contributed by atoms with E-state index in [0.29, 0.717) is 6.42 Å². The van der Waals surface area contributed by atoms with Crippen molar-refractivity contribution in [1.29, 1.82) is 0 Å². The Morgan fingerprint density at radius 1 is 1.38 bits per heavy atom. The summed E-state index contributed by atoms with van der Waals surface area (Å²) in [6, 6.07) is 9.82. The second-order valence-electron chi connectivity index (χ2n) is 7.35. The molecule has 26 heavy (non-hydrogen) atoms. The molecule has 0 amide bonds. The molecule has 0 radical (unpaired) electrons. The van der Waals surface area contributed by atoms with E-state index >= 15 is 0 Å². The first-order valence-electron chi connectivity index (χ1n) is 9.14. The van der Waals surface area contributed by atoms with E-state index in [1.165, 1.54) is 0 Å². The molecule has 0 aliphatic heterocycles. The van der Waals surface area contributed by atoms with Crippen LogP contribution in [-0.2, 0) is 19.1 Å². The van der Waals surface area contributed by atoms with Crippen LogP contribution in [0.3, 0.4) is 0 Å². The third kappa shape index (κ3) is 3.04. The molecule has 0 spiro atoms. The van der Waals surface area contributed by atoms with Crippen molar-refractivity contribution in [3.05, 3.63) is 48.7 Å². The van der Waals surface area contributed by atoms with Gasteiger partial charge in [0.25, 0.3) is 0 Å². The molecule has 1 aromatic carbocycles. The fourth-order valence-electron chi connectivity index (χ4n) is 4.82. The first kappa shape index (κ1) is 18.6. The quantitative estimate of drug-likeness (QED) is 0.544. The highest BCUT2D eigenvalue weighted by atomic mass is 19.1. The first-order chi connectivity index (χ1) is 12.5. The lowest BCUT2D eigenvalue weighted by molar-refractivity contribution is -0.159. The van der Waals surface area contributed by atoms with Gasteiger partial charge in [-0.05, 0) is 37.2 Å². The second-order valence-corrected chi connectivity index (χ2v) is 7.35. The van der Waals surface area contributed by atoms with Gasteiger partial charge in [0.15, 0.2) is 0 Å². The van der Waals surface area contributed by atoms with Crippen molar-refractivity contribution in [3.8, 4) is 0 Å². The largest absolute Gasteiger partial charge is 0.466 e. The van der Waals surface area contributed by atoms with Crippen LogP contribution in [-0.4, -0.2) is 24.7 Å². The van der Waals surface area contributed by atoms with E-state index in [0.717, 1.165) is 11.8 Å². The number of alkyl halides is 1. The van der Waals surface area contributed by atoms with Crippen LogP contribution in [0.2, 0.25) is 0 Å². The number of halogens is 1. The maximum Gasteiger partial charge on any atom is 0.314 e. The van der Waals surface area contributed by atoms with Gasteiger partial charge in [0.1, 0.15) is 6.17 Å². The lowest BCUT2D eigenvalue weighted by Crippen LogP contribution is -2.38. The van der Waals surface area contributed by atoms with Crippen molar-refractivity contribution < 1.29 is 23.5 Å². The number of carbonyl (C=O) groups excluding carboxylic acids is 2. The van der Waals surface area contributed by atoms with Crippen molar-refractivity contribution in [2.75, 3.05) is 6.61 Å². The molecule has 2 saturated carbocycles. The van der Waals surface area contributed by atoms with Gasteiger partial charge in [-0.1, -0.05) is 43.8 Å². The van der Waals surface area contributed by atoms with Gasteiger partial charge in [-0.25, -0.2) is 4.39 Å². The number of ether oxygens (including phenoxy) is 2. The van der Waals surface area contributed by atoms with Gasteiger partial charge in [0.2, 0.25) is 0 Å². The van der Waals surface area contributed by atoms with Crippen LogP contribution in [0.1, 0.15) is 38.2 Å². The average Bonchev–Trinajstić information content (AvgIpc) is 3.32. The number of hydrogen-bond acceptors (Lipinski definition) is 4. The van der Waals surface area contributed by atoms with E-state index in [1.54, 1.807) is 6.92 Å². The Labute approximate surface area is 153 Å². The minimum atomic E-state index is -1.20. The predicted octanol–water partition coefficient (Wildman–Crippen LogP) is 4.02. The van der Waals surface area contributed by atoms with Gasteiger partial charge in [-0.2, -0.15) is 0 Å². The summed E-state index contributed by atoms with van der Waals surface area (Å²) >= 11 is 0. The van der Waals surface area contributed by atoms with E-state index in [9.17, 15) is 14.0 Å². The normalized spacial score (nSPS) is 33.0. The summed E-state index contributed by atoms with van der Waals surface area (Å²) in [5, 5.41) is 0. The van der Waals surface area contributed by atoms with Gasteiger partial charge in [0.05, 0.1) is 24.2 Å². The monoisotopic (exact) mass is 360 g/mol. The Kier molecular flexibility index (Phi) is 5.17. The number of hydrogen-bond donors (Lipinski definition) is 0. The summed E-state index contributed by atoms with van der Waals surface area (Å²) in [4.78, 5) is 25.1.